The van der Waals surface area contributed by atoms with Crippen molar-refractivity contribution in [3.05, 3.63) is 18.3 Å². The Morgan fingerprint density at radius 3 is 3.00 bits per heavy atom. The predicted octanol–water partition coefficient (Wildman–Crippen LogP) is 0.637. The van der Waals surface area contributed by atoms with Gasteiger partial charge in [-0.15, -0.1) is 0 Å². The van der Waals surface area contributed by atoms with Gasteiger partial charge in [0.25, 0.3) is 5.17 Å². The molecule has 0 saturated heterocycles. The Balaban J connectivity index is 2.58. The number of H-pyrrole nitrogens is 1. The van der Waals surface area contributed by atoms with Crippen LogP contribution in [0.3, 0.4) is 0 Å². The third-order valence-electron chi connectivity index (χ3n) is 0.780. The van der Waals surface area contributed by atoms with E-state index in [0.717, 1.165) is 0 Å². The fraction of sp³-hybridized carbons (Fsp3) is 0. The van der Waals surface area contributed by atoms with E-state index in [1.54, 1.807) is 18.3 Å². The topological polar surface area (TPSA) is 51.0 Å². The monoisotopic (exact) mass is 142 g/mol. The van der Waals surface area contributed by atoms with E-state index < -0.39 is 0 Å². The standard InChI is InChI=1S/C5H6N2OS/c6-5(9)8-4-2-1-3-7-4/h1-3,7H,(H2,6,9). The number of ether oxygens (including phenoxy) is 1. The zero-order valence-electron chi connectivity index (χ0n) is 4.63. The van der Waals surface area contributed by atoms with Crippen LogP contribution in [0.15, 0.2) is 18.3 Å². The van der Waals surface area contributed by atoms with E-state index in [1.807, 2.05) is 0 Å². The molecule has 0 spiro atoms. The van der Waals surface area contributed by atoms with Crippen molar-refractivity contribution in [3.8, 4) is 5.88 Å². The summed E-state index contributed by atoms with van der Waals surface area (Å²) in [6.07, 6.45) is 1.73. The van der Waals surface area contributed by atoms with Gasteiger partial charge in [0.05, 0.1) is 0 Å². The Kier molecular flexibility index (Phi) is 1.69. The smallest absolute Gasteiger partial charge is 0.260 e. The van der Waals surface area contributed by atoms with Crippen LogP contribution in [0.25, 0.3) is 0 Å². The van der Waals surface area contributed by atoms with Crippen LogP contribution in [0.1, 0.15) is 0 Å². The number of aromatic nitrogens is 1. The van der Waals surface area contributed by atoms with Gasteiger partial charge in [0, 0.05) is 12.3 Å². The van der Waals surface area contributed by atoms with E-state index in [9.17, 15) is 0 Å². The van der Waals surface area contributed by atoms with Crippen molar-refractivity contribution in [2.75, 3.05) is 0 Å². The first kappa shape index (κ1) is 6.10. The average Bonchev–Trinajstić information content (AvgIpc) is 2.15. The lowest BCUT2D eigenvalue weighted by Crippen LogP contribution is -2.15. The predicted molar refractivity (Wildman–Crippen MR) is 38.2 cm³/mol. The van der Waals surface area contributed by atoms with Gasteiger partial charge in [-0.05, 0) is 18.3 Å². The van der Waals surface area contributed by atoms with Crippen LogP contribution in [-0.4, -0.2) is 10.2 Å². The number of hydrogen-bond donors (Lipinski definition) is 2. The van der Waals surface area contributed by atoms with Gasteiger partial charge in [-0.1, -0.05) is 0 Å². The maximum absolute atomic E-state index is 5.07. The number of nitrogens with two attached hydrogens (primary N) is 1. The van der Waals surface area contributed by atoms with Gasteiger partial charge in [-0.2, -0.15) is 0 Å². The molecule has 3 nitrogen and oxygen atoms in total. The second-order valence-corrected chi connectivity index (χ2v) is 1.86. The SMILES string of the molecule is NC(=S)Oc1ccc[nH]1. The molecule has 1 aromatic heterocycles. The van der Waals surface area contributed by atoms with Gasteiger partial charge in [0.2, 0.25) is 0 Å². The summed E-state index contributed by atoms with van der Waals surface area (Å²) in [5.74, 6) is 0.572. The van der Waals surface area contributed by atoms with Gasteiger partial charge in [0.1, 0.15) is 0 Å². The largest absolute Gasteiger partial charge is 0.415 e. The first-order valence-electron chi connectivity index (χ1n) is 2.40. The second-order valence-electron chi connectivity index (χ2n) is 1.46. The Labute approximate surface area is 57.8 Å². The van der Waals surface area contributed by atoms with Crippen LogP contribution in [0, 0.1) is 0 Å². The number of rotatable bonds is 1. The molecule has 0 bridgehead atoms. The summed E-state index contributed by atoms with van der Waals surface area (Å²) >= 11 is 4.48. The zero-order valence-corrected chi connectivity index (χ0v) is 5.44. The minimum absolute atomic E-state index is 0.0254. The molecule has 0 fully saturated rings. The molecule has 1 rings (SSSR count). The molecule has 1 heterocycles. The van der Waals surface area contributed by atoms with Crippen molar-refractivity contribution in [2.24, 2.45) is 5.73 Å². The molecule has 0 aliphatic heterocycles. The second kappa shape index (κ2) is 2.50. The molecule has 9 heavy (non-hydrogen) atoms. The molecule has 0 radical (unpaired) electrons. The van der Waals surface area contributed by atoms with Crippen molar-refractivity contribution in [3.63, 3.8) is 0 Å². The quantitative estimate of drug-likeness (QED) is 0.566. The van der Waals surface area contributed by atoms with Crippen molar-refractivity contribution in [1.82, 2.24) is 4.98 Å². The first-order valence-corrected chi connectivity index (χ1v) is 2.80. The molecule has 0 saturated carbocycles. The number of nitrogens with one attached hydrogen (secondary N) is 1. The van der Waals surface area contributed by atoms with E-state index in [0.29, 0.717) is 5.88 Å². The Morgan fingerprint density at radius 2 is 2.56 bits per heavy atom. The van der Waals surface area contributed by atoms with Crippen molar-refractivity contribution < 1.29 is 4.74 Å². The molecule has 1 aromatic rings. The number of aromatic amines is 1. The summed E-state index contributed by atoms with van der Waals surface area (Å²) in [5.41, 5.74) is 5.07. The van der Waals surface area contributed by atoms with Crippen molar-refractivity contribution >= 4 is 17.4 Å². The molecule has 3 N–H and O–H groups in total. The number of thiocarbonyl (C=S) groups is 1. The molecule has 0 aliphatic rings. The van der Waals surface area contributed by atoms with Crippen LogP contribution in [0.4, 0.5) is 0 Å². The summed E-state index contributed by atoms with van der Waals surface area (Å²) in [4.78, 5) is 2.78. The maximum atomic E-state index is 5.07. The molecule has 0 amide bonds. The Morgan fingerprint density at radius 1 is 1.78 bits per heavy atom. The van der Waals surface area contributed by atoms with Crippen LogP contribution < -0.4 is 10.5 Å². The van der Waals surface area contributed by atoms with Crippen LogP contribution in [0.2, 0.25) is 0 Å². The summed E-state index contributed by atoms with van der Waals surface area (Å²) in [6.45, 7) is 0. The fourth-order valence-corrected chi connectivity index (χ4v) is 0.576. The highest BCUT2D eigenvalue weighted by molar-refractivity contribution is 7.80. The van der Waals surface area contributed by atoms with Gasteiger partial charge >= 0.3 is 0 Å². The first-order chi connectivity index (χ1) is 4.29. The Hall–Kier alpha value is -1.03. The summed E-state index contributed by atoms with van der Waals surface area (Å²) in [7, 11) is 0. The minimum Gasteiger partial charge on any atom is -0.415 e. The molecule has 0 aliphatic carbocycles. The normalized spacial score (nSPS) is 8.89. The molecule has 48 valence electrons. The fourth-order valence-electron chi connectivity index (χ4n) is 0.486. The Bertz CT molecular complexity index is 195. The third-order valence-corrected chi connectivity index (χ3v) is 0.863. The maximum Gasteiger partial charge on any atom is 0.260 e. The molecule has 4 heteroatoms. The van der Waals surface area contributed by atoms with Crippen LogP contribution in [0.5, 0.6) is 5.88 Å². The summed E-state index contributed by atoms with van der Waals surface area (Å²) < 4.78 is 4.81. The lowest BCUT2D eigenvalue weighted by Gasteiger charge is -1.95. The van der Waals surface area contributed by atoms with Crippen LogP contribution in [-0.2, 0) is 0 Å². The van der Waals surface area contributed by atoms with E-state index in [4.69, 9.17) is 10.5 Å². The van der Waals surface area contributed by atoms with Gasteiger partial charge in [-0.3, -0.25) is 0 Å². The van der Waals surface area contributed by atoms with E-state index in [-0.39, 0.29) is 5.17 Å². The zero-order chi connectivity index (χ0) is 6.69. The molecule has 0 atom stereocenters. The van der Waals surface area contributed by atoms with E-state index in [1.165, 1.54) is 0 Å². The molecular weight excluding hydrogens is 136 g/mol. The van der Waals surface area contributed by atoms with Crippen molar-refractivity contribution in [1.29, 1.82) is 0 Å². The highest BCUT2D eigenvalue weighted by Crippen LogP contribution is 2.03. The average molecular weight is 142 g/mol. The lowest BCUT2D eigenvalue weighted by atomic mass is 10.7. The third kappa shape index (κ3) is 1.73. The molecule has 0 unspecified atom stereocenters. The van der Waals surface area contributed by atoms with E-state index >= 15 is 0 Å². The van der Waals surface area contributed by atoms with Gasteiger partial charge in [-0.25, -0.2) is 0 Å². The molecular formula is C5H6N2OS. The highest BCUT2D eigenvalue weighted by atomic mass is 32.1. The van der Waals surface area contributed by atoms with Gasteiger partial charge < -0.3 is 15.5 Å². The van der Waals surface area contributed by atoms with Crippen LogP contribution >= 0.6 is 12.2 Å². The minimum atomic E-state index is 0.0254. The van der Waals surface area contributed by atoms with E-state index in [2.05, 4.69) is 17.2 Å². The number of hydrogen-bond acceptors (Lipinski definition) is 2. The highest BCUT2D eigenvalue weighted by Gasteiger charge is 1.91. The van der Waals surface area contributed by atoms with Crippen molar-refractivity contribution in [2.45, 2.75) is 0 Å². The summed E-state index contributed by atoms with van der Waals surface area (Å²) in [6, 6.07) is 3.53. The summed E-state index contributed by atoms with van der Waals surface area (Å²) in [5, 5.41) is 0.0254. The van der Waals surface area contributed by atoms with Gasteiger partial charge in [0.15, 0.2) is 5.88 Å². The lowest BCUT2D eigenvalue weighted by molar-refractivity contribution is 0.538. The molecule has 0 aromatic carbocycles.